The molecule has 10 heteroatoms. The second kappa shape index (κ2) is 11.8. The first kappa shape index (κ1) is 25.5. The molecule has 32 heavy (non-hydrogen) atoms. The molecule has 0 saturated carbocycles. The van der Waals surface area contributed by atoms with E-state index in [-0.39, 0.29) is 22.8 Å². The summed E-state index contributed by atoms with van der Waals surface area (Å²) < 4.78 is 46.2. The third-order valence-corrected chi connectivity index (χ3v) is 5.28. The predicted octanol–water partition coefficient (Wildman–Crippen LogP) is 4.63. The standard InChI is InChI=1S/C20H18F3NO4S.C2H7N/c1-12(14-4-8-16(9-5-14)28-20(21,22)23)11-27-15-6-2-13(3-7-15)10-17-18(25)24-19(26)29-17;1-2-3/h2-9,12,17H,10-11H2,1H3,(H,24,25,26);2-3H2,1H3. The quantitative estimate of drug-likeness (QED) is 0.613. The Hall–Kier alpha value is -2.72. The number of hydrogen-bond donors (Lipinski definition) is 2. The topological polar surface area (TPSA) is 90.6 Å². The van der Waals surface area contributed by atoms with Gasteiger partial charge in [-0.1, -0.05) is 49.9 Å². The van der Waals surface area contributed by atoms with E-state index in [1.807, 2.05) is 26.0 Å². The second-order valence-corrected chi connectivity index (χ2v) is 8.14. The van der Waals surface area contributed by atoms with E-state index in [1.165, 1.54) is 12.1 Å². The molecular formula is C22H25F3N2O4S. The van der Waals surface area contributed by atoms with Crippen molar-refractivity contribution in [2.24, 2.45) is 5.73 Å². The Balaban J connectivity index is 0.00000114. The Bertz CT molecular complexity index is 890. The molecule has 2 aromatic rings. The van der Waals surface area contributed by atoms with Gasteiger partial charge in [0.25, 0.3) is 5.24 Å². The molecule has 0 aromatic heterocycles. The highest BCUT2D eigenvalue weighted by atomic mass is 32.2. The minimum atomic E-state index is -4.71. The molecule has 2 aromatic carbocycles. The van der Waals surface area contributed by atoms with Crippen LogP contribution in [-0.2, 0) is 11.2 Å². The molecule has 2 unspecified atom stereocenters. The Morgan fingerprint density at radius 2 is 1.62 bits per heavy atom. The first-order valence-corrected chi connectivity index (χ1v) is 10.8. The van der Waals surface area contributed by atoms with Gasteiger partial charge >= 0.3 is 6.36 Å². The average molecular weight is 471 g/mol. The number of benzene rings is 2. The second-order valence-electron chi connectivity index (χ2n) is 6.97. The molecule has 2 atom stereocenters. The maximum absolute atomic E-state index is 12.2. The fourth-order valence-corrected chi connectivity index (χ4v) is 3.64. The van der Waals surface area contributed by atoms with Crippen LogP contribution in [0.15, 0.2) is 48.5 Å². The van der Waals surface area contributed by atoms with Crippen LogP contribution in [-0.4, -0.2) is 35.9 Å². The van der Waals surface area contributed by atoms with Crippen LogP contribution in [0, 0.1) is 0 Å². The van der Waals surface area contributed by atoms with Crippen molar-refractivity contribution in [2.45, 2.75) is 37.8 Å². The lowest BCUT2D eigenvalue weighted by Gasteiger charge is -2.15. The van der Waals surface area contributed by atoms with E-state index >= 15 is 0 Å². The van der Waals surface area contributed by atoms with Crippen LogP contribution in [0.25, 0.3) is 0 Å². The SMILES string of the molecule is CC(COc1ccc(CC2SC(=O)NC2=O)cc1)c1ccc(OC(F)(F)F)cc1.CCN. The van der Waals surface area contributed by atoms with E-state index in [1.54, 1.807) is 24.3 Å². The summed E-state index contributed by atoms with van der Waals surface area (Å²) in [6.45, 7) is 4.90. The molecule has 1 fully saturated rings. The third kappa shape index (κ3) is 8.43. The van der Waals surface area contributed by atoms with E-state index < -0.39 is 11.6 Å². The Labute approximate surface area is 188 Å². The zero-order valence-corrected chi connectivity index (χ0v) is 18.5. The molecule has 174 valence electrons. The fraction of sp³-hybridized carbons (Fsp3) is 0.364. The van der Waals surface area contributed by atoms with Crippen LogP contribution in [0.4, 0.5) is 18.0 Å². The van der Waals surface area contributed by atoms with Gasteiger partial charge < -0.3 is 15.2 Å². The van der Waals surface area contributed by atoms with Gasteiger partial charge in [0, 0.05) is 5.92 Å². The Kier molecular flexibility index (Phi) is 9.40. The van der Waals surface area contributed by atoms with Gasteiger partial charge in [0.1, 0.15) is 11.5 Å². The number of nitrogens with one attached hydrogen (secondary N) is 1. The van der Waals surface area contributed by atoms with Crippen LogP contribution < -0.4 is 20.5 Å². The molecule has 3 rings (SSSR count). The summed E-state index contributed by atoms with van der Waals surface area (Å²) in [6, 6.07) is 12.9. The number of carbonyl (C=O) groups excluding carboxylic acids is 2. The van der Waals surface area contributed by atoms with Crippen LogP contribution in [0.3, 0.4) is 0 Å². The molecule has 1 aliphatic rings. The number of hydrogen-bond acceptors (Lipinski definition) is 6. The molecule has 1 heterocycles. The predicted molar refractivity (Wildman–Crippen MR) is 117 cm³/mol. The summed E-state index contributed by atoms with van der Waals surface area (Å²) in [5.41, 5.74) is 6.58. The lowest BCUT2D eigenvalue weighted by molar-refractivity contribution is -0.274. The van der Waals surface area contributed by atoms with Crippen LogP contribution >= 0.6 is 11.8 Å². The molecule has 2 amide bonds. The summed E-state index contributed by atoms with van der Waals surface area (Å²) in [5, 5.41) is 1.51. The largest absolute Gasteiger partial charge is 0.573 e. The van der Waals surface area contributed by atoms with Gasteiger partial charge in [0.05, 0.1) is 11.9 Å². The molecule has 1 saturated heterocycles. The minimum Gasteiger partial charge on any atom is -0.493 e. The number of thioether (sulfide) groups is 1. The summed E-state index contributed by atoms with van der Waals surface area (Å²) in [4.78, 5) is 22.8. The van der Waals surface area contributed by atoms with Gasteiger partial charge in [0.2, 0.25) is 5.91 Å². The lowest BCUT2D eigenvalue weighted by atomic mass is 10.0. The van der Waals surface area contributed by atoms with Crippen molar-refractivity contribution in [3.8, 4) is 11.5 Å². The summed E-state index contributed by atoms with van der Waals surface area (Å²) >= 11 is 0.986. The van der Waals surface area contributed by atoms with Crippen molar-refractivity contribution in [3.05, 3.63) is 59.7 Å². The number of rotatable bonds is 7. The molecule has 0 radical (unpaired) electrons. The Morgan fingerprint density at radius 1 is 1.06 bits per heavy atom. The number of alkyl halides is 3. The smallest absolute Gasteiger partial charge is 0.493 e. The molecule has 0 spiro atoms. The van der Waals surface area contributed by atoms with E-state index in [9.17, 15) is 22.8 Å². The van der Waals surface area contributed by atoms with Gasteiger partial charge in [0.15, 0.2) is 0 Å². The zero-order chi connectivity index (χ0) is 23.7. The number of halogens is 3. The van der Waals surface area contributed by atoms with E-state index in [4.69, 9.17) is 10.5 Å². The maximum atomic E-state index is 12.2. The summed E-state index contributed by atoms with van der Waals surface area (Å²) in [5.74, 6) is 0.0537. The number of amides is 2. The van der Waals surface area contributed by atoms with Crippen LogP contribution in [0.5, 0.6) is 11.5 Å². The van der Waals surface area contributed by atoms with Gasteiger partial charge in [-0.25, -0.2) is 0 Å². The highest BCUT2D eigenvalue weighted by Crippen LogP contribution is 2.26. The molecule has 1 aliphatic heterocycles. The van der Waals surface area contributed by atoms with Crippen molar-refractivity contribution in [3.63, 3.8) is 0 Å². The number of nitrogens with two attached hydrogens (primary N) is 1. The highest BCUT2D eigenvalue weighted by molar-refractivity contribution is 8.15. The summed E-state index contributed by atoms with van der Waals surface area (Å²) in [6.07, 6.45) is -4.26. The number of ether oxygens (including phenoxy) is 2. The lowest BCUT2D eigenvalue weighted by Crippen LogP contribution is -2.25. The van der Waals surface area contributed by atoms with E-state index in [0.717, 1.165) is 29.4 Å². The first-order valence-electron chi connectivity index (χ1n) is 9.90. The maximum Gasteiger partial charge on any atom is 0.573 e. The number of carbonyl (C=O) groups is 2. The molecule has 0 aliphatic carbocycles. The molecule has 0 bridgehead atoms. The average Bonchev–Trinajstić information content (AvgIpc) is 3.04. The minimum absolute atomic E-state index is 0.0424. The highest BCUT2D eigenvalue weighted by Gasteiger charge is 2.32. The third-order valence-electron chi connectivity index (χ3n) is 4.29. The normalized spacial score (nSPS) is 16.6. The molecular weight excluding hydrogens is 445 g/mol. The molecule has 3 N–H and O–H groups in total. The van der Waals surface area contributed by atoms with Crippen LogP contribution in [0.2, 0.25) is 0 Å². The van der Waals surface area contributed by atoms with Gasteiger partial charge in [-0.2, -0.15) is 0 Å². The van der Waals surface area contributed by atoms with Crippen molar-refractivity contribution < 1.29 is 32.2 Å². The van der Waals surface area contributed by atoms with E-state index in [2.05, 4.69) is 10.1 Å². The zero-order valence-electron chi connectivity index (χ0n) is 17.6. The van der Waals surface area contributed by atoms with E-state index in [0.29, 0.717) is 18.8 Å². The van der Waals surface area contributed by atoms with Gasteiger partial charge in [-0.3, -0.25) is 14.9 Å². The van der Waals surface area contributed by atoms with Crippen molar-refractivity contribution in [1.29, 1.82) is 0 Å². The first-order chi connectivity index (χ1) is 15.1. The van der Waals surface area contributed by atoms with Gasteiger partial charge in [-0.15, -0.1) is 13.2 Å². The monoisotopic (exact) mass is 470 g/mol. The molecule has 6 nitrogen and oxygen atoms in total. The van der Waals surface area contributed by atoms with Crippen LogP contribution in [0.1, 0.15) is 30.9 Å². The van der Waals surface area contributed by atoms with Crippen molar-refractivity contribution in [2.75, 3.05) is 13.2 Å². The van der Waals surface area contributed by atoms with Crippen molar-refractivity contribution >= 4 is 22.9 Å². The number of imide groups is 1. The van der Waals surface area contributed by atoms with Gasteiger partial charge in [-0.05, 0) is 48.4 Å². The summed E-state index contributed by atoms with van der Waals surface area (Å²) in [7, 11) is 0. The Morgan fingerprint density at radius 3 is 2.12 bits per heavy atom. The fourth-order valence-electron chi connectivity index (χ4n) is 2.78. The van der Waals surface area contributed by atoms with Crippen molar-refractivity contribution in [1.82, 2.24) is 5.32 Å².